The number of benzene rings is 3. The standard InChI is InChI=1S/C27H27N3O4S/c1-17-12-13-29(22-6-4-5-7-23(22)35-17)24(31)16-30-25(32)27(2,28-26(30)33)20-10-8-19-15-21(34-3)11-9-18(19)14-20/h4-11,14-15,17H,12-13,16H2,1-3H3,(H,28,33)/t17-,27-/m0/s1. The molecular formula is C27H27N3O4S. The molecule has 2 aliphatic rings. The predicted molar refractivity (Wildman–Crippen MR) is 137 cm³/mol. The lowest BCUT2D eigenvalue weighted by Gasteiger charge is -2.25. The van der Waals surface area contributed by atoms with Gasteiger partial charge < -0.3 is 15.0 Å². The highest BCUT2D eigenvalue weighted by atomic mass is 32.2. The summed E-state index contributed by atoms with van der Waals surface area (Å²) in [6.45, 7) is 4.05. The lowest BCUT2D eigenvalue weighted by molar-refractivity contribution is -0.134. The van der Waals surface area contributed by atoms with E-state index in [0.29, 0.717) is 17.4 Å². The zero-order valence-corrected chi connectivity index (χ0v) is 20.7. The van der Waals surface area contributed by atoms with Crippen LogP contribution in [0.4, 0.5) is 10.5 Å². The average Bonchev–Trinajstić information content (AvgIpc) is 2.98. The van der Waals surface area contributed by atoms with Crippen LogP contribution in [0, 0.1) is 0 Å². The van der Waals surface area contributed by atoms with Gasteiger partial charge in [-0.05, 0) is 60.0 Å². The summed E-state index contributed by atoms with van der Waals surface area (Å²) in [5.41, 5.74) is 0.229. The van der Waals surface area contributed by atoms with Crippen molar-refractivity contribution < 1.29 is 19.1 Å². The second kappa shape index (κ2) is 8.92. The number of carbonyl (C=O) groups excluding carboxylic acids is 3. The molecule has 1 fully saturated rings. The summed E-state index contributed by atoms with van der Waals surface area (Å²) in [5, 5.41) is 5.07. The third-order valence-electron chi connectivity index (χ3n) is 6.74. The summed E-state index contributed by atoms with van der Waals surface area (Å²) in [6.07, 6.45) is 0.824. The van der Waals surface area contributed by atoms with E-state index in [0.717, 1.165) is 38.4 Å². The Kier molecular flexibility index (Phi) is 5.92. The van der Waals surface area contributed by atoms with Crippen LogP contribution in [0.3, 0.4) is 0 Å². The van der Waals surface area contributed by atoms with E-state index in [4.69, 9.17) is 4.74 Å². The Labute approximate surface area is 208 Å². The highest BCUT2D eigenvalue weighted by Crippen LogP contribution is 2.38. The molecule has 0 aliphatic carbocycles. The Morgan fingerprint density at radius 3 is 2.66 bits per heavy atom. The summed E-state index contributed by atoms with van der Waals surface area (Å²) < 4.78 is 5.28. The van der Waals surface area contributed by atoms with E-state index in [2.05, 4.69) is 12.2 Å². The number of nitrogens with zero attached hydrogens (tertiary/aromatic N) is 2. The van der Waals surface area contributed by atoms with Gasteiger partial charge in [0.15, 0.2) is 0 Å². The van der Waals surface area contributed by atoms with Crippen molar-refractivity contribution in [2.75, 3.05) is 25.1 Å². The van der Waals surface area contributed by atoms with Crippen molar-refractivity contribution in [3.05, 3.63) is 66.2 Å². The lowest BCUT2D eigenvalue weighted by atomic mass is 9.90. The third kappa shape index (κ3) is 4.12. The van der Waals surface area contributed by atoms with E-state index in [1.807, 2.05) is 60.7 Å². The molecular weight excluding hydrogens is 462 g/mol. The van der Waals surface area contributed by atoms with Gasteiger partial charge >= 0.3 is 6.03 Å². The van der Waals surface area contributed by atoms with Crippen molar-refractivity contribution in [3.63, 3.8) is 0 Å². The monoisotopic (exact) mass is 489 g/mol. The Morgan fingerprint density at radius 1 is 1.11 bits per heavy atom. The molecule has 2 aliphatic heterocycles. The van der Waals surface area contributed by atoms with E-state index in [-0.39, 0.29) is 12.5 Å². The number of rotatable bonds is 4. The van der Waals surface area contributed by atoms with Crippen LogP contribution in [0.5, 0.6) is 5.75 Å². The number of carbonyl (C=O) groups is 3. The molecule has 0 radical (unpaired) electrons. The minimum absolute atomic E-state index is 0.273. The summed E-state index contributed by atoms with van der Waals surface area (Å²) in [6, 6.07) is 18.5. The number of methoxy groups -OCH3 is 1. The zero-order chi connectivity index (χ0) is 24.7. The Morgan fingerprint density at radius 2 is 1.86 bits per heavy atom. The number of ether oxygens (including phenoxy) is 1. The number of thioether (sulfide) groups is 1. The van der Waals surface area contributed by atoms with E-state index >= 15 is 0 Å². The fraction of sp³-hybridized carbons (Fsp3) is 0.296. The van der Waals surface area contributed by atoms with E-state index in [1.54, 1.807) is 30.7 Å². The van der Waals surface area contributed by atoms with Crippen molar-refractivity contribution in [1.82, 2.24) is 10.2 Å². The highest BCUT2D eigenvalue weighted by Gasteiger charge is 2.50. The first-order valence-corrected chi connectivity index (χ1v) is 12.5. The molecule has 2 heterocycles. The fourth-order valence-corrected chi connectivity index (χ4v) is 5.78. The molecule has 0 aromatic heterocycles. The topological polar surface area (TPSA) is 79.0 Å². The van der Waals surface area contributed by atoms with Gasteiger partial charge in [0.05, 0.1) is 12.8 Å². The molecule has 7 nitrogen and oxygen atoms in total. The van der Waals surface area contributed by atoms with Crippen molar-refractivity contribution in [2.45, 2.75) is 36.0 Å². The molecule has 0 saturated carbocycles. The first kappa shape index (κ1) is 23.2. The number of fused-ring (bicyclic) bond motifs is 2. The van der Waals surface area contributed by atoms with Crippen LogP contribution in [0.25, 0.3) is 10.8 Å². The molecule has 1 N–H and O–H groups in total. The smallest absolute Gasteiger partial charge is 0.325 e. The molecule has 4 amide bonds. The van der Waals surface area contributed by atoms with Crippen LogP contribution in [0.2, 0.25) is 0 Å². The minimum atomic E-state index is -1.26. The summed E-state index contributed by atoms with van der Waals surface area (Å²) >= 11 is 1.74. The number of anilines is 1. The lowest BCUT2D eigenvalue weighted by Crippen LogP contribution is -2.45. The van der Waals surface area contributed by atoms with Gasteiger partial charge in [-0.15, -0.1) is 11.8 Å². The number of hydrogen-bond donors (Lipinski definition) is 1. The molecule has 8 heteroatoms. The summed E-state index contributed by atoms with van der Waals surface area (Å²) in [5.74, 6) is 0.0364. The van der Waals surface area contributed by atoms with Crippen LogP contribution in [0.1, 0.15) is 25.8 Å². The Hall–Kier alpha value is -3.52. The normalized spacial score (nSPS) is 22.1. The first-order chi connectivity index (χ1) is 16.8. The molecule has 2 atom stereocenters. The van der Waals surface area contributed by atoms with E-state index in [1.165, 1.54) is 0 Å². The third-order valence-corrected chi connectivity index (χ3v) is 7.97. The molecule has 0 spiro atoms. The molecule has 180 valence electrons. The van der Waals surface area contributed by atoms with Gasteiger partial charge in [0.2, 0.25) is 5.91 Å². The maximum atomic E-state index is 13.5. The Balaban J connectivity index is 1.40. The number of para-hydroxylation sites is 1. The predicted octanol–water partition coefficient (Wildman–Crippen LogP) is 4.53. The van der Waals surface area contributed by atoms with Gasteiger partial charge in [-0.1, -0.05) is 37.3 Å². The minimum Gasteiger partial charge on any atom is -0.497 e. The molecule has 1 saturated heterocycles. The van der Waals surface area contributed by atoms with Gasteiger partial charge in [0, 0.05) is 16.7 Å². The average molecular weight is 490 g/mol. The number of nitrogens with one attached hydrogen (secondary N) is 1. The van der Waals surface area contributed by atoms with Crippen LogP contribution in [-0.4, -0.2) is 48.2 Å². The second-order valence-electron chi connectivity index (χ2n) is 9.10. The number of imide groups is 1. The fourth-order valence-electron chi connectivity index (χ4n) is 4.66. The number of amides is 4. The largest absolute Gasteiger partial charge is 0.497 e. The SMILES string of the molecule is COc1ccc2cc([C@]3(C)NC(=O)N(CC(=O)N4CC[C@H](C)Sc5ccccc54)C3=O)ccc2c1. The van der Waals surface area contributed by atoms with Crippen molar-refractivity contribution in [2.24, 2.45) is 0 Å². The van der Waals surface area contributed by atoms with Crippen molar-refractivity contribution in [3.8, 4) is 5.75 Å². The van der Waals surface area contributed by atoms with Gasteiger partial charge in [-0.3, -0.25) is 14.5 Å². The zero-order valence-electron chi connectivity index (χ0n) is 19.9. The maximum Gasteiger partial charge on any atom is 0.325 e. The maximum absolute atomic E-state index is 13.5. The van der Waals surface area contributed by atoms with Crippen molar-refractivity contribution in [1.29, 1.82) is 0 Å². The quantitative estimate of drug-likeness (QED) is 0.545. The van der Waals surface area contributed by atoms with Gasteiger partial charge in [-0.2, -0.15) is 0 Å². The van der Waals surface area contributed by atoms with E-state index < -0.39 is 17.5 Å². The second-order valence-corrected chi connectivity index (χ2v) is 10.6. The summed E-state index contributed by atoms with van der Waals surface area (Å²) in [7, 11) is 1.61. The van der Waals surface area contributed by atoms with Crippen LogP contribution in [0.15, 0.2) is 65.6 Å². The summed E-state index contributed by atoms with van der Waals surface area (Å²) in [4.78, 5) is 43.6. The van der Waals surface area contributed by atoms with E-state index in [9.17, 15) is 14.4 Å². The Bertz CT molecular complexity index is 1340. The first-order valence-electron chi connectivity index (χ1n) is 11.6. The molecule has 0 bridgehead atoms. The highest BCUT2D eigenvalue weighted by molar-refractivity contribution is 8.00. The van der Waals surface area contributed by atoms with Crippen LogP contribution < -0.4 is 15.0 Å². The van der Waals surface area contributed by atoms with Crippen molar-refractivity contribution >= 4 is 46.1 Å². The van der Waals surface area contributed by atoms with Gasteiger partial charge in [0.25, 0.3) is 5.91 Å². The molecule has 3 aromatic carbocycles. The van der Waals surface area contributed by atoms with Gasteiger partial charge in [-0.25, -0.2) is 4.79 Å². The number of urea groups is 1. The van der Waals surface area contributed by atoms with Crippen LogP contribution in [-0.2, 0) is 15.1 Å². The van der Waals surface area contributed by atoms with Crippen LogP contribution >= 0.6 is 11.8 Å². The molecule has 35 heavy (non-hydrogen) atoms. The number of hydrogen-bond acceptors (Lipinski definition) is 5. The molecule has 0 unspecified atom stereocenters. The molecule has 5 rings (SSSR count). The molecule has 3 aromatic rings. The van der Waals surface area contributed by atoms with Gasteiger partial charge in [0.1, 0.15) is 17.8 Å².